The Morgan fingerprint density at radius 2 is 1.97 bits per heavy atom. The van der Waals surface area contributed by atoms with Gasteiger partial charge in [-0.3, -0.25) is 4.98 Å². The van der Waals surface area contributed by atoms with E-state index in [4.69, 9.17) is 4.98 Å². The van der Waals surface area contributed by atoms with E-state index >= 15 is 0 Å². The third-order valence-electron chi connectivity index (χ3n) is 5.22. The highest BCUT2D eigenvalue weighted by Gasteiger charge is 2.27. The Hall–Kier alpha value is -3.20. The summed E-state index contributed by atoms with van der Waals surface area (Å²) in [5.74, 6) is 0.682. The maximum absolute atomic E-state index is 13.7. The Bertz CT molecular complexity index is 1150. The highest BCUT2D eigenvalue weighted by molar-refractivity contribution is 7.81. The largest absolute Gasteiger partial charge is 0.372 e. The van der Waals surface area contributed by atoms with E-state index in [1.807, 2.05) is 18.0 Å². The van der Waals surface area contributed by atoms with Crippen LogP contribution in [0, 0.1) is 5.82 Å². The van der Waals surface area contributed by atoms with Crippen LogP contribution >= 0.6 is 12.6 Å². The second-order valence-electron chi connectivity index (χ2n) is 7.55. The number of hydrogen-bond acceptors (Lipinski definition) is 6. The van der Waals surface area contributed by atoms with Crippen LogP contribution in [0.4, 0.5) is 30.4 Å². The molecule has 0 bridgehead atoms. The van der Waals surface area contributed by atoms with Crippen LogP contribution in [-0.2, 0) is 5.25 Å². The molecule has 3 heterocycles. The minimum atomic E-state index is -3.24. The van der Waals surface area contributed by atoms with E-state index in [2.05, 4.69) is 34.4 Å². The minimum Gasteiger partial charge on any atom is -0.372 e. The molecule has 32 heavy (non-hydrogen) atoms. The lowest BCUT2D eigenvalue weighted by atomic mass is 10.1. The molecular formula is C23H22F3N5S. The van der Waals surface area contributed by atoms with Crippen molar-refractivity contribution in [2.45, 2.75) is 11.7 Å². The van der Waals surface area contributed by atoms with E-state index in [0.717, 1.165) is 24.8 Å². The highest BCUT2D eigenvalue weighted by atomic mass is 32.1. The van der Waals surface area contributed by atoms with Gasteiger partial charge in [0.25, 0.3) is 0 Å². The van der Waals surface area contributed by atoms with Gasteiger partial charge in [0.05, 0.1) is 29.5 Å². The maximum Gasteiger partial charge on any atom is 0.316 e. The predicted octanol–water partition coefficient (Wildman–Crippen LogP) is 5.49. The monoisotopic (exact) mass is 457 g/mol. The van der Waals surface area contributed by atoms with Crippen molar-refractivity contribution in [2.75, 3.05) is 35.3 Å². The van der Waals surface area contributed by atoms with E-state index in [1.165, 1.54) is 24.4 Å². The van der Waals surface area contributed by atoms with E-state index in [-0.39, 0.29) is 5.56 Å². The van der Waals surface area contributed by atoms with Crippen molar-refractivity contribution in [2.24, 2.45) is 0 Å². The number of anilines is 3. The first-order valence-corrected chi connectivity index (χ1v) is 10.4. The predicted molar refractivity (Wildman–Crippen MR) is 125 cm³/mol. The van der Waals surface area contributed by atoms with Gasteiger partial charge >= 0.3 is 5.25 Å². The van der Waals surface area contributed by atoms with Gasteiger partial charge in [0.15, 0.2) is 5.82 Å². The molecule has 0 unspecified atom stereocenters. The average Bonchev–Trinajstić information content (AvgIpc) is 2.92. The van der Waals surface area contributed by atoms with Crippen molar-refractivity contribution in [3.8, 4) is 11.3 Å². The number of thiol groups is 1. The van der Waals surface area contributed by atoms with Crippen LogP contribution in [-0.4, -0.2) is 30.1 Å². The zero-order valence-corrected chi connectivity index (χ0v) is 18.3. The number of fused-ring (bicyclic) bond motifs is 1. The molecular weight excluding hydrogens is 435 g/mol. The molecule has 0 atom stereocenters. The molecule has 0 fully saturated rings. The molecule has 0 spiro atoms. The highest BCUT2D eigenvalue weighted by Crippen LogP contribution is 2.37. The van der Waals surface area contributed by atoms with Gasteiger partial charge in [0.2, 0.25) is 0 Å². The van der Waals surface area contributed by atoms with Crippen molar-refractivity contribution in [1.82, 2.24) is 9.97 Å². The van der Waals surface area contributed by atoms with Gasteiger partial charge in [0, 0.05) is 37.3 Å². The van der Waals surface area contributed by atoms with E-state index in [1.54, 1.807) is 18.2 Å². The Morgan fingerprint density at radius 1 is 1.16 bits per heavy atom. The van der Waals surface area contributed by atoms with Gasteiger partial charge < -0.3 is 15.1 Å². The molecule has 5 nitrogen and oxygen atoms in total. The molecule has 0 saturated heterocycles. The fourth-order valence-electron chi connectivity index (χ4n) is 3.63. The van der Waals surface area contributed by atoms with Gasteiger partial charge in [-0.05, 0) is 24.6 Å². The van der Waals surface area contributed by atoms with Crippen LogP contribution in [0.25, 0.3) is 11.3 Å². The molecule has 1 aliphatic heterocycles. The molecule has 4 rings (SSSR count). The zero-order valence-electron chi connectivity index (χ0n) is 17.4. The van der Waals surface area contributed by atoms with Crippen LogP contribution in [0.1, 0.15) is 12.0 Å². The lowest BCUT2D eigenvalue weighted by molar-refractivity contribution is 0.108. The first-order valence-electron chi connectivity index (χ1n) is 9.99. The molecule has 2 aromatic heterocycles. The Morgan fingerprint density at radius 3 is 2.72 bits per heavy atom. The van der Waals surface area contributed by atoms with Crippen molar-refractivity contribution >= 4 is 29.8 Å². The number of benzene rings is 1. The molecule has 0 amide bonds. The fourth-order valence-corrected chi connectivity index (χ4v) is 3.77. The summed E-state index contributed by atoms with van der Waals surface area (Å²) in [5, 5.41) is -0.160. The standard InChI is InChI=1S/C23H22F3N5S/c1-15(28-19-12-18(24)13-27-14-19)31-10-4-9-30(2)21-8-7-20(29-22(21)31)16-5-3-6-17(11-16)23(25,26)32/h3,5-8,11-14,28,32H,1,4,9-10H2,2H3. The summed E-state index contributed by atoms with van der Waals surface area (Å²) in [6.45, 7) is 5.54. The lowest BCUT2D eigenvalue weighted by Crippen LogP contribution is -2.28. The minimum absolute atomic E-state index is 0.200. The Balaban J connectivity index is 1.72. The molecule has 3 aromatic rings. The first kappa shape index (κ1) is 22.0. The van der Waals surface area contributed by atoms with Crippen molar-refractivity contribution in [1.29, 1.82) is 0 Å². The normalized spacial score (nSPS) is 14.0. The number of hydrogen-bond donors (Lipinski definition) is 2. The van der Waals surface area contributed by atoms with Crippen LogP contribution in [0.2, 0.25) is 0 Å². The van der Waals surface area contributed by atoms with Crippen LogP contribution in [0.5, 0.6) is 0 Å². The molecule has 1 aliphatic rings. The van der Waals surface area contributed by atoms with Gasteiger partial charge in [0.1, 0.15) is 11.6 Å². The molecule has 0 aliphatic carbocycles. The summed E-state index contributed by atoms with van der Waals surface area (Å²) in [7, 11) is 1.97. The second-order valence-corrected chi connectivity index (χ2v) is 8.11. The third-order valence-corrected chi connectivity index (χ3v) is 5.48. The number of alkyl halides is 2. The summed E-state index contributed by atoms with van der Waals surface area (Å²) < 4.78 is 41.0. The number of nitrogens with one attached hydrogen (secondary N) is 1. The maximum atomic E-state index is 13.7. The van der Waals surface area contributed by atoms with Crippen LogP contribution in [0.15, 0.2) is 67.3 Å². The van der Waals surface area contributed by atoms with Gasteiger partial charge in [-0.2, -0.15) is 8.78 Å². The number of nitrogens with zero attached hydrogens (tertiary/aromatic N) is 4. The average molecular weight is 458 g/mol. The number of pyridine rings is 2. The van der Waals surface area contributed by atoms with E-state index in [9.17, 15) is 13.2 Å². The quantitative estimate of drug-likeness (QED) is 0.496. The number of rotatable bonds is 5. The third kappa shape index (κ3) is 4.67. The summed E-state index contributed by atoms with van der Waals surface area (Å²) in [6, 6.07) is 11.1. The summed E-state index contributed by atoms with van der Waals surface area (Å²) in [4.78, 5) is 12.6. The van der Waals surface area contributed by atoms with Crippen LogP contribution in [0.3, 0.4) is 0 Å². The smallest absolute Gasteiger partial charge is 0.316 e. The summed E-state index contributed by atoms with van der Waals surface area (Å²) in [6.07, 6.45) is 3.47. The topological polar surface area (TPSA) is 44.3 Å². The molecule has 9 heteroatoms. The Kier molecular flexibility index (Phi) is 6.01. The zero-order chi connectivity index (χ0) is 22.9. The second kappa shape index (κ2) is 8.74. The first-order chi connectivity index (χ1) is 15.2. The summed E-state index contributed by atoms with van der Waals surface area (Å²) >= 11 is 3.38. The Labute approximate surface area is 190 Å². The molecule has 1 aromatic carbocycles. The molecule has 0 radical (unpaired) electrons. The van der Waals surface area contributed by atoms with Crippen molar-refractivity contribution < 1.29 is 13.2 Å². The van der Waals surface area contributed by atoms with Gasteiger partial charge in [-0.25, -0.2) is 9.37 Å². The molecule has 166 valence electrons. The molecule has 0 saturated carbocycles. The molecule has 1 N–H and O–H groups in total. The van der Waals surface area contributed by atoms with Crippen molar-refractivity contribution in [3.63, 3.8) is 0 Å². The number of aromatic nitrogens is 2. The lowest BCUT2D eigenvalue weighted by Gasteiger charge is -2.27. The number of halogens is 3. The van der Waals surface area contributed by atoms with Gasteiger partial charge in [-0.15, -0.1) is 12.6 Å². The SMILES string of the molecule is C=C(Nc1cncc(F)c1)N1CCCN(C)c2ccc(-c3cccc(C(F)(F)S)c3)nc21. The summed E-state index contributed by atoms with van der Waals surface area (Å²) in [5.41, 5.74) is 2.24. The van der Waals surface area contributed by atoms with E-state index in [0.29, 0.717) is 35.1 Å². The van der Waals surface area contributed by atoms with Crippen molar-refractivity contribution in [3.05, 3.63) is 78.6 Å². The van der Waals surface area contributed by atoms with Gasteiger partial charge in [-0.1, -0.05) is 24.8 Å². The van der Waals surface area contributed by atoms with E-state index < -0.39 is 11.1 Å². The fraction of sp³-hybridized carbons (Fsp3) is 0.217. The van der Waals surface area contributed by atoms with Crippen LogP contribution < -0.4 is 15.1 Å².